The molecule has 6 heteroatoms. The van der Waals surface area contributed by atoms with Gasteiger partial charge in [-0.1, -0.05) is 164 Å². The van der Waals surface area contributed by atoms with Crippen molar-refractivity contribution in [3.8, 4) is 39.5 Å². The maximum Gasteiger partial charge on any atom is 0.121 e. The van der Waals surface area contributed by atoms with E-state index in [0.29, 0.717) is 0 Å². The molecule has 3 aromatic heterocycles. The smallest absolute Gasteiger partial charge is 0.121 e. The third-order valence-electron chi connectivity index (χ3n) is 13.4. The molecule has 11 aromatic rings. The predicted molar refractivity (Wildman–Crippen MR) is 291 cm³/mol. The second-order valence-electron chi connectivity index (χ2n) is 20.9. The van der Waals surface area contributed by atoms with Gasteiger partial charge in [0.25, 0.3) is 0 Å². The first kappa shape index (κ1) is 47.6. The van der Waals surface area contributed by atoms with Gasteiger partial charge in [-0.15, -0.1) is 54.1 Å². The third kappa shape index (κ3) is 9.03. The Bertz CT molecular complexity index is 3620. The number of hydrogen-bond acceptors (Lipinski definition) is 3. The Labute approximate surface area is 421 Å². The fourth-order valence-electron chi connectivity index (χ4n) is 9.74. The topological polar surface area (TPSA) is 43.9 Å². The molecular weight excluding hydrogens is 1040 g/mol. The summed E-state index contributed by atoms with van der Waals surface area (Å²) in [5, 5.41) is 8.45. The van der Waals surface area contributed by atoms with Crippen molar-refractivity contribution in [2.45, 2.75) is 85.4 Å². The van der Waals surface area contributed by atoms with E-state index in [1.54, 1.807) is 0 Å². The van der Waals surface area contributed by atoms with Gasteiger partial charge in [0.2, 0.25) is 0 Å². The SMILES string of the molecule is CC(C)(C)c1ccnc(-c2[c-]cccc2)c1.CC(C)c1cc(-c2ccccc2)cc(C(C)C)c1-n1c(-c2[c-]ccc3c2oc2cc4c(ccc5ccccc54)cc23)nc2cccc([Si](C)(C)C)c21.[Ir]. The van der Waals surface area contributed by atoms with E-state index in [9.17, 15) is 0 Å². The summed E-state index contributed by atoms with van der Waals surface area (Å²) in [6, 6.07) is 63.0. The van der Waals surface area contributed by atoms with Crippen LogP contribution < -0.4 is 5.19 Å². The Morgan fingerprint density at radius 2 is 1.32 bits per heavy atom. The van der Waals surface area contributed by atoms with Crippen LogP contribution in [0.3, 0.4) is 0 Å². The number of fused-ring (bicyclic) bond motifs is 7. The standard InChI is InChI=1S/C48H43N2OSi.C15H16N.Ir/c1-29(2)38-26-34(31-15-9-8-10-16-31)27-39(30(3)4)45(38)50-46-42(21-14-22-44(46)52(5,6)7)49-48(50)37-20-13-19-36-41-25-33-24-23-32-17-11-12-18-35(32)40(33)28-43(41)51-47(36)37;1-15(2,3)13-9-10-16-14(11-13)12-7-5-4-6-8-12;/h8-19,21-30H,1-7H3;4-7,9-11H,1-3H3;/q2*-1;. The van der Waals surface area contributed by atoms with E-state index in [1.807, 2.05) is 36.5 Å². The first-order chi connectivity index (χ1) is 32.7. The van der Waals surface area contributed by atoms with Gasteiger partial charge >= 0.3 is 0 Å². The molecule has 0 saturated heterocycles. The van der Waals surface area contributed by atoms with Crippen LogP contribution >= 0.6 is 0 Å². The van der Waals surface area contributed by atoms with Gasteiger partial charge in [0.1, 0.15) is 5.58 Å². The van der Waals surface area contributed by atoms with Crippen molar-refractivity contribution in [2.75, 3.05) is 0 Å². The normalized spacial score (nSPS) is 12.1. The first-order valence-electron chi connectivity index (χ1n) is 24.0. The quantitative estimate of drug-likeness (QED) is 0.0907. The van der Waals surface area contributed by atoms with E-state index < -0.39 is 8.07 Å². The van der Waals surface area contributed by atoms with Crippen molar-refractivity contribution in [1.29, 1.82) is 0 Å². The van der Waals surface area contributed by atoms with E-state index >= 15 is 0 Å². The molecule has 0 unspecified atom stereocenters. The zero-order valence-corrected chi connectivity index (χ0v) is 44.7. The van der Waals surface area contributed by atoms with Crippen LogP contribution in [0, 0.1) is 12.1 Å². The Morgan fingerprint density at radius 3 is 2.01 bits per heavy atom. The van der Waals surface area contributed by atoms with Crippen LogP contribution in [0.5, 0.6) is 0 Å². The summed E-state index contributed by atoms with van der Waals surface area (Å²) >= 11 is 0. The molecule has 1 radical (unpaired) electrons. The molecule has 0 amide bonds. The molecule has 347 valence electrons. The summed E-state index contributed by atoms with van der Waals surface area (Å²) in [4.78, 5) is 9.92. The number of para-hydroxylation sites is 1. The summed E-state index contributed by atoms with van der Waals surface area (Å²) in [5.41, 5.74) is 14.6. The van der Waals surface area contributed by atoms with E-state index in [-0.39, 0.29) is 37.4 Å². The Kier molecular flexibility index (Phi) is 13.0. The Hall–Kier alpha value is -6.43. The first-order valence-corrected chi connectivity index (χ1v) is 27.5. The maximum absolute atomic E-state index is 6.94. The van der Waals surface area contributed by atoms with Crippen molar-refractivity contribution in [3.05, 3.63) is 193 Å². The van der Waals surface area contributed by atoms with E-state index in [2.05, 4.69) is 217 Å². The largest absolute Gasteiger partial charge is 0.501 e. The van der Waals surface area contributed by atoms with Gasteiger partial charge in [-0.25, -0.2) is 0 Å². The molecule has 0 aliphatic heterocycles. The van der Waals surface area contributed by atoms with Crippen LogP contribution in [0.15, 0.2) is 168 Å². The fourth-order valence-corrected chi connectivity index (χ4v) is 11.3. The monoisotopic (exact) mass is 1090 g/mol. The predicted octanol–water partition coefficient (Wildman–Crippen LogP) is 17.0. The minimum absolute atomic E-state index is 0. The fraction of sp³-hybridized carbons (Fsp3) is 0.206. The molecule has 0 fully saturated rings. The van der Waals surface area contributed by atoms with Crippen molar-refractivity contribution < 1.29 is 24.5 Å². The number of hydrogen-bond donors (Lipinski definition) is 0. The van der Waals surface area contributed by atoms with E-state index in [0.717, 1.165) is 50.1 Å². The van der Waals surface area contributed by atoms with E-state index in [1.165, 1.54) is 65.8 Å². The van der Waals surface area contributed by atoms with Crippen molar-refractivity contribution in [1.82, 2.24) is 14.5 Å². The van der Waals surface area contributed by atoms with Crippen LogP contribution in [0.1, 0.15) is 77.0 Å². The van der Waals surface area contributed by atoms with Gasteiger partial charge in [0.05, 0.1) is 30.5 Å². The second-order valence-corrected chi connectivity index (χ2v) is 25.9. The van der Waals surface area contributed by atoms with Gasteiger partial charge in [0.15, 0.2) is 0 Å². The zero-order valence-electron chi connectivity index (χ0n) is 41.3. The van der Waals surface area contributed by atoms with Crippen LogP contribution in [0.25, 0.3) is 94.0 Å². The Balaban J connectivity index is 0.000000296. The molecule has 4 nitrogen and oxygen atoms in total. The van der Waals surface area contributed by atoms with Gasteiger partial charge in [-0.05, 0) is 114 Å². The number of rotatable bonds is 7. The number of imidazole rings is 1. The average molecular weight is 1090 g/mol. The molecule has 0 aliphatic rings. The average Bonchev–Trinajstić information content (AvgIpc) is 3.91. The van der Waals surface area contributed by atoms with Crippen molar-refractivity contribution >= 4 is 67.8 Å². The van der Waals surface area contributed by atoms with E-state index in [4.69, 9.17) is 9.40 Å². The molecule has 0 spiro atoms. The van der Waals surface area contributed by atoms with Crippen LogP contribution in [0.2, 0.25) is 19.6 Å². The number of furan rings is 1. The molecule has 0 atom stereocenters. The molecule has 0 bridgehead atoms. The minimum atomic E-state index is -1.83. The van der Waals surface area contributed by atoms with Gasteiger partial charge in [-0.3, -0.25) is 4.98 Å². The second kappa shape index (κ2) is 18.8. The van der Waals surface area contributed by atoms with Gasteiger partial charge < -0.3 is 14.0 Å². The molecular formula is C63H59IrN3OSi-2. The van der Waals surface area contributed by atoms with Crippen LogP contribution in [-0.4, -0.2) is 22.6 Å². The number of aromatic nitrogens is 3. The molecule has 11 rings (SSSR count). The number of pyridine rings is 1. The molecule has 3 heterocycles. The summed E-state index contributed by atoms with van der Waals surface area (Å²) in [5.74, 6) is 1.42. The van der Waals surface area contributed by atoms with Crippen molar-refractivity contribution in [3.63, 3.8) is 0 Å². The minimum Gasteiger partial charge on any atom is -0.501 e. The summed E-state index contributed by atoms with van der Waals surface area (Å²) in [6.07, 6.45) is 1.87. The molecule has 69 heavy (non-hydrogen) atoms. The summed E-state index contributed by atoms with van der Waals surface area (Å²) in [7, 11) is -1.83. The zero-order chi connectivity index (χ0) is 47.5. The molecule has 0 N–H and O–H groups in total. The summed E-state index contributed by atoms with van der Waals surface area (Å²) < 4.78 is 9.43. The number of nitrogens with zero attached hydrogens (tertiary/aromatic N) is 3. The number of benzene rings is 8. The summed E-state index contributed by atoms with van der Waals surface area (Å²) in [6.45, 7) is 23.2. The maximum atomic E-state index is 6.94. The molecule has 0 aliphatic carbocycles. The molecule has 8 aromatic carbocycles. The van der Waals surface area contributed by atoms with Crippen LogP contribution in [0.4, 0.5) is 0 Å². The van der Waals surface area contributed by atoms with Crippen LogP contribution in [-0.2, 0) is 25.5 Å². The van der Waals surface area contributed by atoms with Gasteiger partial charge in [0, 0.05) is 37.4 Å². The molecule has 0 saturated carbocycles. The Morgan fingerprint density at radius 1 is 0.609 bits per heavy atom. The third-order valence-corrected chi connectivity index (χ3v) is 15.4. The van der Waals surface area contributed by atoms with Crippen molar-refractivity contribution in [2.24, 2.45) is 0 Å². The van der Waals surface area contributed by atoms with Gasteiger partial charge in [-0.2, -0.15) is 0 Å².